The number of amides is 2. The Bertz CT molecular complexity index is 811. The van der Waals surface area contributed by atoms with Crippen molar-refractivity contribution in [3.8, 4) is 5.75 Å². The summed E-state index contributed by atoms with van der Waals surface area (Å²) in [6.07, 6.45) is 7.38. The fraction of sp³-hybridized carbons (Fsp3) is 0.409. The van der Waals surface area contributed by atoms with Gasteiger partial charge in [0.25, 0.3) is 5.91 Å². The molecule has 1 aliphatic heterocycles. The van der Waals surface area contributed by atoms with Crippen LogP contribution in [0.3, 0.4) is 0 Å². The first-order chi connectivity index (χ1) is 13.7. The highest BCUT2D eigenvalue weighted by Crippen LogP contribution is 2.32. The van der Waals surface area contributed by atoms with Crippen LogP contribution in [-0.4, -0.2) is 40.9 Å². The molecule has 6 nitrogen and oxygen atoms in total. The minimum Gasteiger partial charge on any atom is -0.490 e. The molecule has 4 rings (SSSR count). The normalized spacial score (nSPS) is 17.2. The minimum atomic E-state index is -0.123. The highest BCUT2D eigenvalue weighted by molar-refractivity contribution is 5.94. The second-order valence-electron chi connectivity index (χ2n) is 7.49. The molecule has 0 radical (unpaired) electrons. The zero-order valence-corrected chi connectivity index (χ0v) is 15.8. The van der Waals surface area contributed by atoms with Crippen molar-refractivity contribution in [1.29, 1.82) is 0 Å². The lowest BCUT2D eigenvalue weighted by Gasteiger charge is -2.32. The number of hydrogen-bond acceptors (Lipinski definition) is 4. The number of benzene rings is 1. The van der Waals surface area contributed by atoms with E-state index in [2.05, 4.69) is 10.3 Å². The van der Waals surface area contributed by atoms with Crippen molar-refractivity contribution >= 4 is 11.8 Å². The van der Waals surface area contributed by atoms with E-state index in [1.807, 2.05) is 29.2 Å². The molecule has 1 aromatic heterocycles. The quantitative estimate of drug-likeness (QED) is 0.838. The average Bonchev–Trinajstić information content (AvgIpc) is 3.59. The second kappa shape index (κ2) is 8.42. The lowest BCUT2D eigenvalue weighted by atomic mass is 10.1. The van der Waals surface area contributed by atoms with Crippen LogP contribution in [0.5, 0.6) is 5.75 Å². The lowest BCUT2D eigenvalue weighted by molar-refractivity contribution is -0.134. The van der Waals surface area contributed by atoms with Gasteiger partial charge in [-0.3, -0.25) is 14.6 Å². The number of carbonyl (C=O) groups excluding carboxylic acids is 2. The van der Waals surface area contributed by atoms with Gasteiger partial charge in [-0.25, -0.2) is 0 Å². The Labute approximate surface area is 164 Å². The van der Waals surface area contributed by atoms with Crippen molar-refractivity contribution in [3.05, 3.63) is 59.9 Å². The van der Waals surface area contributed by atoms with E-state index in [1.165, 1.54) is 0 Å². The van der Waals surface area contributed by atoms with Crippen molar-refractivity contribution in [2.24, 2.45) is 5.92 Å². The number of pyridine rings is 1. The Kier molecular flexibility index (Phi) is 5.55. The number of aromatic nitrogens is 1. The Morgan fingerprint density at radius 2 is 1.82 bits per heavy atom. The monoisotopic (exact) mass is 379 g/mol. The van der Waals surface area contributed by atoms with Crippen molar-refractivity contribution in [1.82, 2.24) is 15.2 Å². The minimum absolute atomic E-state index is 0.119. The van der Waals surface area contributed by atoms with Crippen LogP contribution >= 0.6 is 0 Å². The predicted octanol–water partition coefficient (Wildman–Crippen LogP) is 2.79. The van der Waals surface area contributed by atoms with E-state index >= 15 is 0 Å². The fourth-order valence-electron chi connectivity index (χ4n) is 3.45. The van der Waals surface area contributed by atoms with Crippen LogP contribution in [0.15, 0.2) is 48.8 Å². The highest BCUT2D eigenvalue weighted by Gasteiger charge is 2.35. The third-order valence-electron chi connectivity index (χ3n) is 5.28. The maximum atomic E-state index is 12.3. The second-order valence-corrected chi connectivity index (χ2v) is 7.49. The number of hydrogen-bond donors (Lipinski definition) is 1. The molecule has 2 amide bonds. The molecule has 2 aliphatic rings. The summed E-state index contributed by atoms with van der Waals surface area (Å²) >= 11 is 0. The molecule has 1 saturated heterocycles. The first-order valence-electron chi connectivity index (χ1n) is 9.91. The molecule has 146 valence electrons. The molecular weight excluding hydrogens is 354 g/mol. The molecule has 1 aliphatic carbocycles. The van der Waals surface area contributed by atoms with Gasteiger partial charge in [-0.1, -0.05) is 6.07 Å². The Balaban J connectivity index is 1.24. The molecule has 0 bridgehead atoms. The predicted molar refractivity (Wildman–Crippen MR) is 105 cm³/mol. The molecule has 0 atom stereocenters. The van der Waals surface area contributed by atoms with E-state index < -0.39 is 0 Å². The zero-order chi connectivity index (χ0) is 19.3. The maximum Gasteiger partial charge on any atom is 0.251 e. The lowest BCUT2D eigenvalue weighted by Crippen LogP contribution is -2.42. The third-order valence-corrected chi connectivity index (χ3v) is 5.28. The van der Waals surface area contributed by atoms with E-state index in [-0.39, 0.29) is 17.9 Å². The van der Waals surface area contributed by atoms with Crippen molar-refractivity contribution in [2.45, 2.75) is 38.3 Å². The number of carbonyl (C=O) groups is 2. The summed E-state index contributed by atoms with van der Waals surface area (Å²) < 4.78 is 6.05. The number of likely N-dealkylation sites (tertiary alicyclic amines) is 1. The SMILES string of the molecule is O=C(NCc1cccnc1)c1ccc(OC2CCN(C(=O)C3CC3)CC2)cc1. The number of nitrogens with zero attached hydrogens (tertiary/aromatic N) is 2. The molecule has 6 heteroatoms. The van der Waals surface area contributed by atoms with Crippen molar-refractivity contribution < 1.29 is 14.3 Å². The van der Waals surface area contributed by atoms with Gasteiger partial charge < -0.3 is 15.0 Å². The largest absolute Gasteiger partial charge is 0.490 e. The number of rotatable bonds is 6. The van der Waals surface area contributed by atoms with Crippen LogP contribution in [0.2, 0.25) is 0 Å². The van der Waals surface area contributed by atoms with Crippen molar-refractivity contribution in [2.75, 3.05) is 13.1 Å². The fourth-order valence-corrected chi connectivity index (χ4v) is 3.45. The molecule has 0 spiro atoms. The summed E-state index contributed by atoms with van der Waals surface area (Å²) in [5.74, 6) is 1.24. The van der Waals surface area contributed by atoms with Gasteiger partial charge >= 0.3 is 0 Å². The maximum absolute atomic E-state index is 12.3. The topological polar surface area (TPSA) is 71.5 Å². The van der Waals surface area contributed by atoms with E-state index in [1.54, 1.807) is 24.5 Å². The Morgan fingerprint density at radius 3 is 2.46 bits per heavy atom. The van der Waals surface area contributed by atoms with Crippen LogP contribution in [0.1, 0.15) is 41.6 Å². The van der Waals surface area contributed by atoms with E-state index in [9.17, 15) is 9.59 Å². The molecule has 2 aromatic rings. The van der Waals surface area contributed by atoms with Gasteiger partial charge in [0.15, 0.2) is 0 Å². The molecule has 28 heavy (non-hydrogen) atoms. The van der Waals surface area contributed by atoms with Gasteiger partial charge in [-0.15, -0.1) is 0 Å². The van der Waals surface area contributed by atoms with Crippen LogP contribution in [-0.2, 0) is 11.3 Å². The number of piperidine rings is 1. The van der Waals surface area contributed by atoms with Crippen LogP contribution in [0.4, 0.5) is 0 Å². The van der Waals surface area contributed by atoms with Crippen LogP contribution < -0.4 is 10.1 Å². The summed E-state index contributed by atoms with van der Waals surface area (Å²) in [5, 5.41) is 2.89. The summed E-state index contributed by atoms with van der Waals surface area (Å²) in [5.41, 5.74) is 1.56. The van der Waals surface area contributed by atoms with E-state index in [0.29, 0.717) is 18.0 Å². The van der Waals surface area contributed by atoms with Crippen LogP contribution in [0.25, 0.3) is 0 Å². The summed E-state index contributed by atoms with van der Waals surface area (Å²) in [4.78, 5) is 30.4. The molecule has 2 heterocycles. The molecule has 1 saturated carbocycles. The van der Waals surface area contributed by atoms with E-state index in [0.717, 1.165) is 50.1 Å². The molecule has 1 aromatic carbocycles. The summed E-state index contributed by atoms with van der Waals surface area (Å²) in [6, 6.07) is 11.0. The van der Waals surface area contributed by atoms with Gasteiger partial charge in [0, 0.05) is 56.4 Å². The van der Waals surface area contributed by atoms with Crippen molar-refractivity contribution in [3.63, 3.8) is 0 Å². The average molecular weight is 379 g/mol. The Hall–Kier alpha value is -2.89. The van der Waals surface area contributed by atoms with Gasteiger partial charge in [0.1, 0.15) is 11.9 Å². The van der Waals surface area contributed by atoms with Gasteiger partial charge in [-0.05, 0) is 48.7 Å². The highest BCUT2D eigenvalue weighted by atomic mass is 16.5. The molecule has 0 unspecified atom stereocenters. The smallest absolute Gasteiger partial charge is 0.251 e. The summed E-state index contributed by atoms with van der Waals surface area (Å²) in [7, 11) is 0. The first-order valence-corrected chi connectivity index (χ1v) is 9.91. The Morgan fingerprint density at radius 1 is 1.07 bits per heavy atom. The standard InChI is InChI=1S/C22H25N3O3/c26-21(24-15-16-2-1-11-23-14-16)17-5-7-19(8-6-17)28-20-9-12-25(13-10-20)22(27)18-3-4-18/h1-2,5-8,11,14,18,20H,3-4,9-10,12-13,15H2,(H,24,26). The summed E-state index contributed by atoms with van der Waals surface area (Å²) in [6.45, 7) is 1.99. The molecular formula is C22H25N3O3. The van der Waals surface area contributed by atoms with Gasteiger partial charge in [0.05, 0.1) is 0 Å². The molecule has 1 N–H and O–H groups in total. The first kappa shape index (κ1) is 18.5. The van der Waals surface area contributed by atoms with Gasteiger partial charge in [0.2, 0.25) is 5.91 Å². The third kappa shape index (κ3) is 4.68. The zero-order valence-electron chi connectivity index (χ0n) is 15.8. The van der Waals surface area contributed by atoms with E-state index in [4.69, 9.17) is 4.74 Å². The molecule has 2 fully saturated rings. The van der Waals surface area contributed by atoms with Crippen LogP contribution in [0, 0.1) is 5.92 Å². The number of ether oxygens (including phenoxy) is 1. The number of nitrogens with one attached hydrogen (secondary N) is 1. The van der Waals surface area contributed by atoms with Gasteiger partial charge in [-0.2, -0.15) is 0 Å².